The van der Waals surface area contributed by atoms with E-state index in [0.29, 0.717) is 12.1 Å². The van der Waals surface area contributed by atoms with Gasteiger partial charge in [0.15, 0.2) is 0 Å². The van der Waals surface area contributed by atoms with Gasteiger partial charge in [0.05, 0.1) is 15.4 Å². The van der Waals surface area contributed by atoms with Crippen LogP contribution in [-0.4, -0.2) is 14.7 Å². The van der Waals surface area contributed by atoms with Gasteiger partial charge in [0.1, 0.15) is 11.0 Å². The van der Waals surface area contributed by atoms with E-state index in [-0.39, 0.29) is 23.4 Å². The summed E-state index contributed by atoms with van der Waals surface area (Å²) in [7, 11) is -3.49. The Balaban J connectivity index is 2.61. The zero-order chi connectivity index (χ0) is 21.2. The van der Waals surface area contributed by atoms with Crippen molar-refractivity contribution in [1.82, 2.24) is 0 Å². The first-order valence-corrected chi connectivity index (χ1v) is 8.98. The minimum absolute atomic E-state index is 0.0401. The average molecular weight is 419 g/mol. The highest BCUT2D eigenvalue weighted by Gasteiger charge is 2.33. The first-order chi connectivity index (χ1) is 13.0. The van der Waals surface area contributed by atoms with E-state index in [1.54, 1.807) is 6.92 Å². The molecule has 0 saturated heterocycles. The summed E-state index contributed by atoms with van der Waals surface area (Å²) < 4.78 is 49.9. The van der Waals surface area contributed by atoms with Crippen LogP contribution in [-0.2, 0) is 17.2 Å². The number of hydrogen-bond donors (Lipinski definition) is 2. The van der Waals surface area contributed by atoms with Crippen LogP contribution in [0.1, 0.15) is 18.1 Å². The van der Waals surface area contributed by atoms with Crippen LogP contribution in [0.4, 0.5) is 35.9 Å². The molecule has 1 atom stereocenters. The quantitative estimate of drug-likeness (QED) is 0.411. The molecule has 0 aliphatic carbocycles. The Labute approximate surface area is 156 Å². The van der Waals surface area contributed by atoms with E-state index in [0.717, 1.165) is 18.2 Å². The van der Waals surface area contributed by atoms with Gasteiger partial charge in [0.2, 0.25) is 8.03 Å². The van der Waals surface area contributed by atoms with Crippen LogP contribution in [0.3, 0.4) is 0 Å². The first kappa shape index (κ1) is 21.3. The van der Waals surface area contributed by atoms with Gasteiger partial charge in [-0.2, -0.15) is 13.2 Å². The number of nitrogens with zero attached hydrogens (tertiary/aromatic N) is 2. The number of hydrogen-bond acceptors (Lipinski definition) is 6. The largest absolute Gasteiger partial charge is 0.416 e. The van der Waals surface area contributed by atoms with Crippen LogP contribution >= 0.6 is 8.03 Å². The van der Waals surface area contributed by atoms with Crippen LogP contribution < -0.4 is 10.6 Å². The number of alkyl halides is 3. The van der Waals surface area contributed by atoms with Crippen LogP contribution in [0.25, 0.3) is 0 Å². The zero-order valence-corrected chi connectivity index (χ0v) is 15.1. The molecule has 0 aliphatic rings. The standard InChI is InChI=1S/C15H13F3N3O6P/c1-2-8-5-13(21(24)25)14(28(26)27)7-11(8)19-10-4-3-9(15(16,17)18)6-12(10)20(22)23/h3-7,19,28H,2H2,1H3,(H,26,27). The SMILES string of the molecule is CCc1cc([N+](=O)[O-])c([PH](=O)O)cc1Nc1ccc(C(F)(F)F)cc1[N+](=O)[O-]. The number of anilines is 2. The number of aryl methyl sites for hydroxylation is 1. The monoisotopic (exact) mass is 419 g/mol. The van der Waals surface area contributed by atoms with Crippen molar-refractivity contribution < 1.29 is 32.5 Å². The molecular formula is C15H13F3N3O6P. The summed E-state index contributed by atoms with van der Waals surface area (Å²) in [5.41, 5.74) is -2.65. The van der Waals surface area contributed by atoms with E-state index >= 15 is 0 Å². The van der Waals surface area contributed by atoms with Crippen molar-refractivity contribution in [2.24, 2.45) is 0 Å². The van der Waals surface area contributed by atoms with Crippen molar-refractivity contribution in [1.29, 1.82) is 0 Å². The zero-order valence-electron chi connectivity index (χ0n) is 14.1. The summed E-state index contributed by atoms with van der Waals surface area (Å²) >= 11 is 0. The summed E-state index contributed by atoms with van der Waals surface area (Å²) in [5, 5.41) is 24.3. The molecule has 13 heteroatoms. The second kappa shape index (κ2) is 7.95. The second-order valence-electron chi connectivity index (χ2n) is 5.55. The molecule has 150 valence electrons. The van der Waals surface area contributed by atoms with E-state index in [9.17, 15) is 42.9 Å². The molecule has 28 heavy (non-hydrogen) atoms. The Morgan fingerprint density at radius 2 is 1.68 bits per heavy atom. The second-order valence-corrected chi connectivity index (χ2v) is 6.70. The van der Waals surface area contributed by atoms with Crippen molar-refractivity contribution in [3.63, 3.8) is 0 Å². The lowest BCUT2D eigenvalue weighted by Gasteiger charge is -2.14. The fraction of sp³-hybridized carbons (Fsp3) is 0.200. The molecule has 2 rings (SSSR count). The maximum Gasteiger partial charge on any atom is 0.416 e. The van der Waals surface area contributed by atoms with Gasteiger partial charge in [-0.3, -0.25) is 24.8 Å². The predicted molar refractivity (Wildman–Crippen MR) is 94.7 cm³/mol. The number of nitro benzene ring substituents is 2. The van der Waals surface area contributed by atoms with Gasteiger partial charge in [0.25, 0.3) is 11.4 Å². The average Bonchev–Trinajstić information content (AvgIpc) is 2.60. The normalized spacial score (nSPS) is 12.5. The number of rotatable bonds is 6. The number of nitro groups is 2. The van der Waals surface area contributed by atoms with Gasteiger partial charge >= 0.3 is 6.18 Å². The Bertz CT molecular complexity index is 980. The molecule has 0 fully saturated rings. The highest BCUT2D eigenvalue weighted by atomic mass is 31.1. The molecule has 2 aromatic rings. The Kier molecular flexibility index (Phi) is 6.05. The van der Waals surface area contributed by atoms with Crippen molar-refractivity contribution in [2.75, 3.05) is 5.32 Å². The van der Waals surface area contributed by atoms with Crippen LogP contribution in [0.2, 0.25) is 0 Å². The van der Waals surface area contributed by atoms with E-state index in [4.69, 9.17) is 0 Å². The molecule has 0 bridgehead atoms. The topological polar surface area (TPSA) is 136 Å². The molecule has 0 radical (unpaired) electrons. The van der Waals surface area contributed by atoms with Crippen molar-refractivity contribution in [3.05, 3.63) is 61.7 Å². The third-order valence-corrected chi connectivity index (χ3v) is 4.68. The highest BCUT2D eigenvalue weighted by Crippen LogP contribution is 2.37. The van der Waals surface area contributed by atoms with Crippen LogP contribution in [0.15, 0.2) is 30.3 Å². The number of nitrogens with one attached hydrogen (secondary N) is 1. The number of halogens is 3. The molecule has 0 aromatic heterocycles. The summed E-state index contributed by atoms with van der Waals surface area (Å²) in [6, 6.07) is 3.90. The molecule has 0 heterocycles. The van der Waals surface area contributed by atoms with E-state index in [2.05, 4.69) is 5.32 Å². The molecular weight excluding hydrogens is 406 g/mol. The molecule has 0 amide bonds. The Morgan fingerprint density at radius 3 is 2.14 bits per heavy atom. The van der Waals surface area contributed by atoms with Gasteiger partial charge in [-0.15, -0.1) is 0 Å². The summed E-state index contributed by atoms with van der Waals surface area (Å²) in [6.07, 6.45) is -4.57. The van der Waals surface area contributed by atoms with E-state index in [1.165, 1.54) is 0 Å². The van der Waals surface area contributed by atoms with Gasteiger partial charge in [-0.25, -0.2) is 0 Å². The lowest BCUT2D eigenvalue weighted by atomic mass is 10.1. The molecule has 2 N–H and O–H groups in total. The molecule has 1 unspecified atom stereocenters. The summed E-state index contributed by atoms with van der Waals surface area (Å²) in [6.45, 7) is 1.62. The highest BCUT2D eigenvalue weighted by molar-refractivity contribution is 7.47. The minimum atomic E-state index is -4.78. The maximum atomic E-state index is 12.8. The molecule has 2 aromatic carbocycles. The van der Waals surface area contributed by atoms with Gasteiger partial charge in [0, 0.05) is 17.8 Å². The van der Waals surface area contributed by atoms with Crippen molar-refractivity contribution >= 4 is 36.1 Å². The van der Waals surface area contributed by atoms with Crippen LogP contribution in [0.5, 0.6) is 0 Å². The van der Waals surface area contributed by atoms with E-state index in [1.807, 2.05) is 0 Å². The maximum absolute atomic E-state index is 12.8. The minimum Gasteiger partial charge on any atom is -0.350 e. The van der Waals surface area contributed by atoms with Gasteiger partial charge in [-0.05, 0) is 30.2 Å². The van der Waals surface area contributed by atoms with Crippen molar-refractivity contribution in [2.45, 2.75) is 19.5 Å². The van der Waals surface area contributed by atoms with Crippen LogP contribution in [0, 0.1) is 20.2 Å². The third kappa shape index (κ3) is 4.46. The third-order valence-electron chi connectivity index (χ3n) is 3.82. The fourth-order valence-corrected chi connectivity index (χ4v) is 3.12. The molecule has 0 aliphatic heterocycles. The smallest absolute Gasteiger partial charge is 0.350 e. The molecule has 9 nitrogen and oxygen atoms in total. The van der Waals surface area contributed by atoms with Gasteiger partial charge < -0.3 is 10.2 Å². The fourth-order valence-electron chi connectivity index (χ4n) is 2.47. The summed E-state index contributed by atoms with van der Waals surface area (Å²) in [5.74, 6) is 0. The Hall–Kier alpha value is -2.98. The predicted octanol–water partition coefficient (Wildman–Crippen LogP) is 3.92. The lowest BCUT2D eigenvalue weighted by molar-refractivity contribution is -0.384. The van der Waals surface area contributed by atoms with Crippen molar-refractivity contribution in [3.8, 4) is 0 Å². The molecule has 0 saturated carbocycles. The number of benzene rings is 2. The first-order valence-electron chi connectivity index (χ1n) is 7.63. The van der Waals surface area contributed by atoms with E-state index < -0.39 is 46.3 Å². The lowest BCUT2D eigenvalue weighted by Crippen LogP contribution is -2.10. The molecule has 0 spiro atoms. The van der Waals surface area contributed by atoms with Gasteiger partial charge in [-0.1, -0.05) is 6.92 Å². The Morgan fingerprint density at radius 1 is 1.07 bits per heavy atom. The summed E-state index contributed by atoms with van der Waals surface area (Å²) in [4.78, 5) is 29.8.